The van der Waals surface area contributed by atoms with Gasteiger partial charge in [0.05, 0.1) is 25.4 Å². The maximum atomic E-state index is 13.9. The van der Waals surface area contributed by atoms with Crippen LogP contribution in [-0.2, 0) is 72.0 Å². The quantitative estimate of drug-likeness (QED) is 0.0268. The molecule has 9 amide bonds. The smallest absolute Gasteiger partial charge is 0.326 e. The first-order valence-electron chi connectivity index (χ1n) is 22.7. The minimum absolute atomic E-state index is 0.000106. The van der Waals surface area contributed by atoms with Crippen LogP contribution in [-0.4, -0.2) is 173 Å². The number of rotatable bonds is 31. The van der Waals surface area contributed by atoms with Gasteiger partial charge in [0.1, 0.15) is 59.8 Å². The molecule has 0 saturated heterocycles. The van der Waals surface area contributed by atoms with E-state index in [4.69, 9.17) is 11.5 Å². The van der Waals surface area contributed by atoms with E-state index in [-0.39, 0.29) is 48.0 Å². The van der Waals surface area contributed by atoms with Crippen LogP contribution in [0.5, 0.6) is 11.5 Å². The van der Waals surface area contributed by atoms with E-state index in [0.29, 0.717) is 11.1 Å². The zero-order valence-corrected chi connectivity index (χ0v) is 41.8. The molecule has 0 radical (unpaired) electrons. The van der Waals surface area contributed by atoms with Crippen molar-refractivity contribution in [2.45, 2.75) is 99.8 Å². The first-order valence-corrected chi connectivity index (χ1v) is 24.0. The lowest BCUT2D eigenvalue weighted by Crippen LogP contribution is -2.61. The summed E-state index contributed by atoms with van der Waals surface area (Å²) in [5.74, 6) is -13.2. The number of nitrogens with zero attached hydrogens (tertiary/aromatic N) is 1. The lowest BCUT2D eigenvalue weighted by Gasteiger charge is -2.27. The number of nitrogens with one attached hydrogen (secondary N) is 9. The van der Waals surface area contributed by atoms with Crippen LogP contribution in [0.2, 0.25) is 0 Å². The van der Waals surface area contributed by atoms with E-state index in [9.17, 15) is 78.3 Å². The standard InChI is InChI=1S/C45H60N12O16S2/c1-21(50-43(70)33(18-74)56-38(65)27(46)12-22-2-6-25(59)7-3-22)37(64)55-32(17-58)42(69)51-28(10-11-36(62)63)39(66)53-30(15-35(47)61)41(68)52-29(14-24-16-48-20-49-24)40(67)57-34(19-75)44(71)54-31(45(72)73)13-23-4-8-26(60)9-5-23/h2-9,16,20-21,27-34,58-60,74-75H,10-15,17-19,46H2,1H3,(H2,47,61)(H,48,49)(H,50,70)(H,51,69)(H,52,68)(H,53,66)(H,54,71)(H,55,64)(H,56,65)(H,57,67)(H,62,63)(H,72,73)/t21-,27-,28-,29-,30-,31-,32-,33-,34-/m0/s1. The molecule has 1 heterocycles. The minimum Gasteiger partial charge on any atom is -0.508 e. The summed E-state index contributed by atoms with van der Waals surface area (Å²) in [7, 11) is 0. The number of aliphatic hydroxyl groups excluding tert-OH is 1. The molecule has 0 bridgehead atoms. The fraction of sp³-hybridized carbons (Fsp3) is 0.422. The number of carbonyl (C=O) groups is 11. The van der Waals surface area contributed by atoms with Crippen molar-refractivity contribution < 1.29 is 78.3 Å². The molecular weight excluding hydrogens is 1030 g/mol. The number of nitrogens with two attached hydrogens (primary N) is 2. The molecule has 30 heteroatoms. The van der Waals surface area contributed by atoms with Crippen LogP contribution in [0.4, 0.5) is 0 Å². The Hall–Kier alpha value is -7.96. The number of H-pyrrole nitrogens is 1. The number of phenols is 2. The maximum Gasteiger partial charge on any atom is 0.326 e. The average Bonchev–Trinajstić information content (AvgIpc) is 3.88. The van der Waals surface area contributed by atoms with Crippen LogP contribution < -0.4 is 54.0 Å². The number of thiol groups is 2. The number of carboxylic acid groups (broad SMARTS) is 2. The number of aliphatic carboxylic acids is 2. The molecule has 3 aromatic rings. The molecule has 9 atom stereocenters. The molecule has 28 nitrogen and oxygen atoms in total. The number of benzene rings is 2. The number of hydrogen-bond donors (Lipinski definition) is 18. The molecule has 0 unspecified atom stereocenters. The minimum atomic E-state index is -1.92. The van der Waals surface area contributed by atoms with E-state index in [1.807, 2.05) is 0 Å². The molecule has 1 aromatic heterocycles. The van der Waals surface area contributed by atoms with Crippen molar-refractivity contribution in [3.8, 4) is 11.5 Å². The van der Waals surface area contributed by atoms with E-state index >= 15 is 0 Å². The Balaban J connectivity index is 1.72. The molecule has 0 spiro atoms. The molecule has 408 valence electrons. The van der Waals surface area contributed by atoms with Crippen LogP contribution in [0.15, 0.2) is 61.1 Å². The van der Waals surface area contributed by atoms with Gasteiger partial charge < -0.3 is 84.5 Å². The van der Waals surface area contributed by atoms with Crippen LogP contribution in [0.25, 0.3) is 0 Å². The zero-order chi connectivity index (χ0) is 55.9. The third-order valence-electron chi connectivity index (χ3n) is 10.8. The highest BCUT2D eigenvalue weighted by molar-refractivity contribution is 7.80. The number of carbonyl (C=O) groups excluding carboxylic acids is 9. The second-order valence-electron chi connectivity index (χ2n) is 16.8. The van der Waals surface area contributed by atoms with Crippen molar-refractivity contribution in [1.29, 1.82) is 0 Å². The van der Waals surface area contributed by atoms with Crippen molar-refractivity contribution >= 4 is 90.4 Å². The SMILES string of the molecule is C[C@H](NC(=O)[C@H](CS)NC(=O)[C@@H](N)Cc1ccc(O)cc1)C(=O)N[C@@H](CO)C(=O)N[C@@H](CCC(=O)O)C(=O)N[C@@H](CC(N)=O)C(=O)N[C@@H](Cc1cnc[nH]1)C(=O)N[C@@H](CS)C(=O)N[C@@H](Cc1ccc(O)cc1)C(=O)O. The number of imidazole rings is 1. The summed E-state index contributed by atoms with van der Waals surface area (Å²) in [5.41, 5.74) is 12.7. The summed E-state index contributed by atoms with van der Waals surface area (Å²) < 4.78 is 0. The topological polar surface area (TPSA) is 466 Å². The third kappa shape index (κ3) is 20.8. The Morgan fingerprint density at radius 3 is 1.52 bits per heavy atom. The molecule has 0 saturated carbocycles. The van der Waals surface area contributed by atoms with E-state index in [2.05, 4.69) is 77.8 Å². The van der Waals surface area contributed by atoms with Crippen molar-refractivity contribution in [1.82, 2.24) is 52.5 Å². The van der Waals surface area contributed by atoms with Crippen molar-refractivity contribution in [3.63, 3.8) is 0 Å². The maximum absolute atomic E-state index is 13.9. The number of phenolic OH excluding ortho intramolecular Hbond substituents is 2. The predicted molar refractivity (Wildman–Crippen MR) is 268 cm³/mol. The molecule has 18 N–H and O–H groups in total. The summed E-state index contributed by atoms with van der Waals surface area (Å²) in [6.07, 6.45) is -0.370. The predicted octanol–water partition coefficient (Wildman–Crippen LogP) is -5.25. The van der Waals surface area contributed by atoms with Crippen LogP contribution in [0.3, 0.4) is 0 Å². The monoisotopic (exact) mass is 1090 g/mol. The van der Waals surface area contributed by atoms with Gasteiger partial charge in [-0.05, 0) is 55.2 Å². The number of hydrogen-bond acceptors (Lipinski definition) is 18. The normalized spacial score (nSPS) is 14.5. The van der Waals surface area contributed by atoms with E-state index in [1.54, 1.807) is 12.1 Å². The van der Waals surface area contributed by atoms with E-state index in [1.165, 1.54) is 55.8 Å². The number of amides is 9. The second-order valence-corrected chi connectivity index (χ2v) is 17.5. The Morgan fingerprint density at radius 2 is 1.01 bits per heavy atom. The summed E-state index contributed by atoms with van der Waals surface area (Å²) in [5, 5.41) is 66.7. The van der Waals surface area contributed by atoms with Gasteiger partial charge in [0, 0.05) is 42.7 Å². The number of aromatic hydroxyl groups is 2. The fourth-order valence-electron chi connectivity index (χ4n) is 6.72. The van der Waals surface area contributed by atoms with Gasteiger partial charge in [0.2, 0.25) is 53.2 Å². The largest absolute Gasteiger partial charge is 0.508 e. The molecule has 0 aliphatic carbocycles. The highest BCUT2D eigenvalue weighted by Gasteiger charge is 2.35. The summed E-state index contributed by atoms with van der Waals surface area (Å²) in [4.78, 5) is 150. The second kappa shape index (κ2) is 30.3. The van der Waals surface area contributed by atoms with Gasteiger partial charge in [0.15, 0.2) is 0 Å². The van der Waals surface area contributed by atoms with Gasteiger partial charge in [-0.15, -0.1) is 0 Å². The first kappa shape index (κ1) is 61.3. The van der Waals surface area contributed by atoms with Gasteiger partial charge in [-0.2, -0.15) is 25.3 Å². The lowest BCUT2D eigenvalue weighted by atomic mass is 10.0. The highest BCUT2D eigenvalue weighted by Crippen LogP contribution is 2.13. The Bertz CT molecular complexity index is 2490. The number of aliphatic hydroxyl groups is 1. The molecule has 0 fully saturated rings. The van der Waals surface area contributed by atoms with Gasteiger partial charge in [-0.1, -0.05) is 24.3 Å². The molecule has 75 heavy (non-hydrogen) atoms. The Labute approximate surface area is 438 Å². The zero-order valence-electron chi connectivity index (χ0n) is 40.1. The molecule has 2 aromatic carbocycles. The van der Waals surface area contributed by atoms with Crippen LogP contribution in [0, 0.1) is 0 Å². The van der Waals surface area contributed by atoms with Crippen LogP contribution >= 0.6 is 25.3 Å². The van der Waals surface area contributed by atoms with Gasteiger partial charge in [-0.3, -0.25) is 47.9 Å². The Kier molecular flexibility index (Phi) is 24.8. The van der Waals surface area contributed by atoms with Crippen molar-refractivity contribution in [2.24, 2.45) is 11.5 Å². The van der Waals surface area contributed by atoms with Crippen molar-refractivity contribution in [3.05, 3.63) is 77.9 Å². The summed E-state index contributed by atoms with van der Waals surface area (Å²) in [6.45, 7) is 0.0838. The Morgan fingerprint density at radius 1 is 0.573 bits per heavy atom. The van der Waals surface area contributed by atoms with Gasteiger partial charge in [0.25, 0.3) is 0 Å². The highest BCUT2D eigenvalue weighted by atomic mass is 32.1. The average molecular weight is 1090 g/mol. The number of aromatic nitrogens is 2. The van der Waals surface area contributed by atoms with Crippen molar-refractivity contribution in [2.75, 3.05) is 18.1 Å². The van der Waals surface area contributed by atoms with Gasteiger partial charge in [-0.25, -0.2) is 9.78 Å². The molecule has 0 aliphatic heterocycles. The third-order valence-corrected chi connectivity index (χ3v) is 11.6. The number of aromatic amines is 1. The number of carboxylic acids is 2. The number of primary amides is 1. The van der Waals surface area contributed by atoms with E-state index in [0.717, 1.165) is 0 Å². The molecule has 3 rings (SSSR count). The summed E-state index contributed by atoms with van der Waals surface area (Å²) >= 11 is 8.22. The molecule has 0 aliphatic rings. The lowest BCUT2D eigenvalue weighted by molar-refractivity contribution is -0.142. The van der Waals surface area contributed by atoms with Crippen LogP contribution in [0.1, 0.15) is 43.0 Å². The molecular formula is C45H60N12O16S2. The van der Waals surface area contributed by atoms with Gasteiger partial charge >= 0.3 is 11.9 Å². The summed E-state index contributed by atoms with van der Waals surface area (Å²) in [6, 6.07) is -2.70. The fourth-order valence-corrected chi connectivity index (χ4v) is 7.23. The first-order chi connectivity index (χ1) is 35.4. The van der Waals surface area contributed by atoms with E-state index < -0.39 is 145 Å².